The predicted octanol–water partition coefficient (Wildman–Crippen LogP) is 1.67. The van der Waals surface area contributed by atoms with E-state index in [1.165, 1.54) is 16.8 Å². The van der Waals surface area contributed by atoms with Crippen molar-refractivity contribution in [2.45, 2.75) is 18.9 Å². The van der Waals surface area contributed by atoms with Gasteiger partial charge in [0.15, 0.2) is 0 Å². The van der Waals surface area contributed by atoms with E-state index in [9.17, 15) is 0 Å². The minimum absolute atomic E-state index is 0.239. The Morgan fingerprint density at radius 1 is 1.50 bits per heavy atom. The van der Waals surface area contributed by atoms with Crippen molar-refractivity contribution in [1.29, 1.82) is 0 Å². The van der Waals surface area contributed by atoms with Gasteiger partial charge in [0.1, 0.15) is 0 Å². The standard InChI is InChI=1S/C10H14N2/c1-12-9-4-2-3-7-5-6-8(11)10(7)9/h2-4,8,12H,5-6,11H2,1H3/t8-/m1/s1. The fourth-order valence-corrected chi connectivity index (χ4v) is 1.94. The quantitative estimate of drug-likeness (QED) is 0.659. The van der Waals surface area contributed by atoms with Crippen molar-refractivity contribution >= 4 is 5.69 Å². The van der Waals surface area contributed by atoms with Gasteiger partial charge in [0.05, 0.1) is 0 Å². The number of nitrogens with two attached hydrogens (primary N) is 1. The molecule has 0 unspecified atom stereocenters. The highest BCUT2D eigenvalue weighted by Gasteiger charge is 2.21. The summed E-state index contributed by atoms with van der Waals surface area (Å²) in [6.07, 6.45) is 2.22. The first-order chi connectivity index (χ1) is 5.83. The number of fused-ring (bicyclic) bond motifs is 1. The van der Waals surface area contributed by atoms with Gasteiger partial charge in [-0.3, -0.25) is 0 Å². The Bertz CT molecular complexity index is 294. The lowest BCUT2D eigenvalue weighted by molar-refractivity contribution is 0.714. The van der Waals surface area contributed by atoms with E-state index in [-0.39, 0.29) is 6.04 Å². The first-order valence-electron chi connectivity index (χ1n) is 4.38. The molecule has 1 aromatic rings. The second kappa shape index (κ2) is 2.79. The number of nitrogens with one attached hydrogen (secondary N) is 1. The lowest BCUT2D eigenvalue weighted by atomic mass is 10.1. The first-order valence-corrected chi connectivity index (χ1v) is 4.38. The molecule has 0 radical (unpaired) electrons. The van der Waals surface area contributed by atoms with Gasteiger partial charge < -0.3 is 11.1 Å². The first kappa shape index (κ1) is 7.62. The number of anilines is 1. The van der Waals surface area contributed by atoms with Crippen molar-refractivity contribution in [3.8, 4) is 0 Å². The van der Waals surface area contributed by atoms with Crippen LogP contribution in [0.3, 0.4) is 0 Å². The number of benzene rings is 1. The highest BCUT2D eigenvalue weighted by atomic mass is 14.8. The maximum Gasteiger partial charge on any atom is 0.0388 e. The van der Waals surface area contributed by atoms with Crippen molar-refractivity contribution in [2.75, 3.05) is 12.4 Å². The van der Waals surface area contributed by atoms with Crippen LogP contribution in [0.2, 0.25) is 0 Å². The lowest BCUT2D eigenvalue weighted by Crippen LogP contribution is -2.07. The molecule has 0 bridgehead atoms. The average molecular weight is 162 g/mol. The minimum atomic E-state index is 0.239. The van der Waals surface area contributed by atoms with Gasteiger partial charge in [-0.2, -0.15) is 0 Å². The molecule has 1 aliphatic carbocycles. The van der Waals surface area contributed by atoms with Gasteiger partial charge in [0, 0.05) is 18.8 Å². The van der Waals surface area contributed by atoms with Gasteiger partial charge in [0.25, 0.3) is 0 Å². The Kier molecular flexibility index (Phi) is 1.77. The van der Waals surface area contributed by atoms with Crippen LogP contribution in [0.15, 0.2) is 18.2 Å². The maximum atomic E-state index is 5.98. The average Bonchev–Trinajstić information content (AvgIpc) is 2.48. The fraction of sp³-hybridized carbons (Fsp3) is 0.400. The molecule has 0 aliphatic heterocycles. The van der Waals surface area contributed by atoms with Gasteiger partial charge in [-0.15, -0.1) is 0 Å². The largest absolute Gasteiger partial charge is 0.388 e. The maximum absolute atomic E-state index is 5.98. The number of rotatable bonds is 1. The van der Waals surface area contributed by atoms with Crippen LogP contribution >= 0.6 is 0 Å². The number of aryl methyl sites for hydroxylation is 1. The summed E-state index contributed by atoms with van der Waals surface area (Å²) >= 11 is 0. The van der Waals surface area contributed by atoms with Gasteiger partial charge in [-0.25, -0.2) is 0 Å². The molecule has 0 fully saturated rings. The Labute approximate surface area is 72.8 Å². The molecular formula is C10H14N2. The molecule has 1 atom stereocenters. The third-order valence-corrected chi connectivity index (χ3v) is 2.56. The Balaban J connectivity index is 2.53. The molecule has 2 rings (SSSR count). The van der Waals surface area contributed by atoms with Crippen molar-refractivity contribution in [3.05, 3.63) is 29.3 Å². The third-order valence-electron chi connectivity index (χ3n) is 2.56. The zero-order valence-corrected chi connectivity index (χ0v) is 7.30. The summed E-state index contributed by atoms with van der Waals surface area (Å²) in [5, 5.41) is 3.18. The molecule has 0 heterocycles. The van der Waals surface area contributed by atoms with Crippen LogP contribution in [0, 0.1) is 0 Å². The molecule has 2 heteroatoms. The normalized spacial score (nSPS) is 20.7. The van der Waals surface area contributed by atoms with Gasteiger partial charge >= 0.3 is 0 Å². The summed E-state index contributed by atoms with van der Waals surface area (Å²) in [7, 11) is 1.95. The predicted molar refractivity (Wildman–Crippen MR) is 51.2 cm³/mol. The van der Waals surface area contributed by atoms with Gasteiger partial charge in [-0.1, -0.05) is 12.1 Å². The van der Waals surface area contributed by atoms with E-state index in [0.29, 0.717) is 0 Å². The molecule has 0 aromatic heterocycles. The summed E-state index contributed by atoms with van der Waals surface area (Å²) in [6, 6.07) is 6.58. The van der Waals surface area contributed by atoms with Crippen LogP contribution < -0.4 is 11.1 Å². The minimum Gasteiger partial charge on any atom is -0.388 e. The van der Waals surface area contributed by atoms with Crippen LogP contribution in [0.1, 0.15) is 23.6 Å². The molecule has 0 amide bonds. The monoisotopic (exact) mass is 162 g/mol. The molecule has 12 heavy (non-hydrogen) atoms. The lowest BCUT2D eigenvalue weighted by Gasteiger charge is -2.10. The zero-order valence-electron chi connectivity index (χ0n) is 7.30. The summed E-state index contributed by atoms with van der Waals surface area (Å²) in [5.41, 5.74) is 9.91. The molecule has 0 saturated carbocycles. The molecule has 0 spiro atoms. The van der Waals surface area contributed by atoms with E-state index in [0.717, 1.165) is 12.8 Å². The Morgan fingerprint density at radius 3 is 3.08 bits per heavy atom. The van der Waals surface area contributed by atoms with E-state index in [4.69, 9.17) is 5.73 Å². The van der Waals surface area contributed by atoms with Crippen molar-refractivity contribution in [2.24, 2.45) is 5.73 Å². The second-order valence-corrected chi connectivity index (χ2v) is 3.27. The van der Waals surface area contributed by atoms with Crippen molar-refractivity contribution in [1.82, 2.24) is 0 Å². The van der Waals surface area contributed by atoms with E-state index < -0.39 is 0 Å². The Hall–Kier alpha value is -1.02. The van der Waals surface area contributed by atoms with Crippen LogP contribution in [0.25, 0.3) is 0 Å². The molecule has 0 saturated heterocycles. The Morgan fingerprint density at radius 2 is 2.33 bits per heavy atom. The van der Waals surface area contributed by atoms with Crippen LogP contribution in [0.4, 0.5) is 5.69 Å². The SMILES string of the molecule is CNc1cccc2c1[C@H](N)CC2. The molecule has 64 valence electrons. The molecular weight excluding hydrogens is 148 g/mol. The summed E-state index contributed by atoms with van der Waals surface area (Å²) in [5.74, 6) is 0. The number of hydrogen-bond donors (Lipinski definition) is 2. The topological polar surface area (TPSA) is 38.0 Å². The zero-order chi connectivity index (χ0) is 8.55. The second-order valence-electron chi connectivity index (χ2n) is 3.27. The van der Waals surface area contributed by atoms with Crippen molar-refractivity contribution in [3.63, 3.8) is 0 Å². The molecule has 2 nitrogen and oxygen atoms in total. The molecule has 1 aliphatic rings. The van der Waals surface area contributed by atoms with E-state index in [2.05, 4.69) is 23.5 Å². The van der Waals surface area contributed by atoms with E-state index in [1.807, 2.05) is 7.05 Å². The van der Waals surface area contributed by atoms with Gasteiger partial charge in [0.2, 0.25) is 0 Å². The van der Waals surface area contributed by atoms with E-state index >= 15 is 0 Å². The van der Waals surface area contributed by atoms with Crippen LogP contribution in [0.5, 0.6) is 0 Å². The number of hydrogen-bond acceptors (Lipinski definition) is 2. The van der Waals surface area contributed by atoms with Crippen molar-refractivity contribution < 1.29 is 0 Å². The highest BCUT2D eigenvalue weighted by molar-refractivity contribution is 5.57. The third kappa shape index (κ3) is 0.994. The summed E-state index contributed by atoms with van der Waals surface area (Å²) < 4.78 is 0. The van der Waals surface area contributed by atoms with E-state index in [1.54, 1.807) is 0 Å². The van der Waals surface area contributed by atoms with Crippen LogP contribution in [-0.2, 0) is 6.42 Å². The molecule has 3 N–H and O–H groups in total. The van der Waals surface area contributed by atoms with Crippen LogP contribution in [-0.4, -0.2) is 7.05 Å². The summed E-state index contributed by atoms with van der Waals surface area (Å²) in [6.45, 7) is 0. The highest BCUT2D eigenvalue weighted by Crippen LogP contribution is 2.34. The molecule has 1 aromatic carbocycles. The summed E-state index contributed by atoms with van der Waals surface area (Å²) in [4.78, 5) is 0. The fourth-order valence-electron chi connectivity index (χ4n) is 1.94. The van der Waals surface area contributed by atoms with Gasteiger partial charge in [-0.05, 0) is 30.0 Å². The smallest absolute Gasteiger partial charge is 0.0388 e.